The van der Waals surface area contributed by atoms with Crippen LogP contribution in [0.15, 0.2) is 186 Å². The molecule has 0 unspecified atom stereocenters. The lowest BCUT2D eigenvalue weighted by Gasteiger charge is -2.10. The fourth-order valence-corrected chi connectivity index (χ4v) is 6.87. The first-order valence-electron chi connectivity index (χ1n) is 18.0. The predicted molar refractivity (Wildman–Crippen MR) is 219 cm³/mol. The molecule has 7 aromatic carbocycles. The highest BCUT2D eigenvalue weighted by Crippen LogP contribution is 2.38. The van der Waals surface area contributed by atoms with Gasteiger partial charge in [0, 0.05) is 44.2 Å². The minimum absolute atomic E-state index is 0.555. The summed E-state index contributed by atoms with van der Waals surface area (Å²) in [4.78, 5) is 30.0. The minimum atomic E-state index is 0.555. The standard InChI is InChI=1S/C48H30N6O/c1-5-14-31(15-6-1)32-24-26-36(27-25-32)46-49-43(33-16-7-2-8-17-33)51-47(52-46)37-28-29-40-39(30-37)42-38(22-13-23-41(42)55-40)48-53-44(34-18-9-3-10-19-34)50-45(54-48)35-20-11-4-12-21-35/h1-30H. The average molecular weight is 707 g/mol. The van der Waals surface area contributed by atoms with Gasteiger partial charge in [-0.2, -0.15) is 0 Å². The fraction of sp³-hybridized carbons (Fsp3) is 0. The molecule has 0 N–H and O–H groups in total. The Morgan fingerprint density at radius 2 is 0.655 bits per heavy atom. The molecule has 3 aromatic heterocycles. The molecule has 7 nitrogen and oxygen atoms in total. The van der Waals surface area contributed by atoms with Gasteiger partial charge in [-0.3, -0.25) is 0 Å². The Balaban J connectivity index is 1.13. The molecule has 0 radical (unpaired) electrons. The Bertz CT molecular complexity index is 2890. The van der Waals surface area contributed by atoms with Crippen LogP contribution in [0.3, 0.4) is 0 Å². The Kier molecular flexibility index (Phi) is 8.00. The maximum atomic E-state index is 6.44. The summed E-state index contributed by atoms with van der Waals surface area (Å²) in [6.45, 7) is 0. The SMILES string of the molecule is c1ccc(-c2ccc(-c3nc(-c4ccccc4)nc(-c4ccc5oc6cccc(-c7nc(-c8ccccc8)nc(-c8ccccc8)n7)c6c5c4)n3)cc2)cc1. The molecule has 3 heterocycles. The summed E-state index contributed by atoms with van der Waals surface area (Å²) in [5, 5.41) is 1.80. The van der Waals surface area contributed by atoms with E-state index in [-0.39, 0.29) is 0 Å². The molecule has 0 atom stereocenters. The second kappa shape index (κ2) is 13.7. The molecule has 7 heteroatoms. The largest absolute Gasteiger partial charge is 0.456 e. The predicted octanol–water partition coefficient (Wildman–Crippen LogP) is 11.6. The van der Waals surface area contributed by atoms with E-state index >= 15 is 0 Å². The fourth-order valence-electron chi connectivity index (χ4n) is 6.87. The van der Waals surface area contributed by atoms with Crippen molar-refractivity contribution in [2.45, 2.75) is 0 Å². The molecule has 0 aliphatic carbocycles. The Labute approximate surface area is 316 Å². The van der Waals surface area contributed by atoms with Crippen molar-refractivity contribution in [1.82, 2.24) is 29.9 Å². The molecule has 10 rings (SSSR count). The number of furan rings is 1. The number of hydrogen-bond acceptors (Lipinski definition) is 7. The second-order valence-corrected chi connectivity index (χ2v) is 13.1. The Hall–Kier alpha value is -7.64. The monoisotopic (exact) mass is 706 g/mol. The maximum Gasteiger partial charge on any atom is 0.164 e. The maximum absolute atomic E-state index is 6.44. The Morgan fingerprint density at radius 1 is 0.273 bits per heavy atom. The van der Waals surface area contributed by atoms with Crippen LogP contribution >= 0.6 is 0 Å². The van der Waals surface area contributed by atoms with Gasteiger partial charge in [0.15, 0.2) is 34.9 Å². The zero-order valence-electron chi connectivity index (χ0n) is 29.4. The van der Waals surface area contributed by atoms with Crippen LogP contribution in [0.5, 0.6) is 0 Å². The van der Waals surface area contributed by atoms with E-state index in [4.69, 9.17) is 34.3 Å². The number of fused-ring (bicyclic) bond motifs is 3. The third-order valence-corrected chi connectivity index (χ3v) is 9.61. The van der Waals surface area contributed by atoms with E-state index in [1.54, 1.807) is 0 Å². The first-order valence-corrected chi connectivity index (χ1v) is 18.0. The van der Waals surface area contributed by atoms with Gasteiger partial charge in [0.1, 0.15) is 11.2 Å². The van der Waals surface area contributed by atoms with Gasteiger partial charge in [-0.1, -0.05) is 158 Å². The van der Waals surface area contributed by atoms with Crippen LogP contribution in [0.2, 0.25) is 0 Å². The van der Waals surface area contributed by atoms with Crippen molar-refractivity contribution >= 4 is 21.9 Å². The molecule has 0 fully saturated rings. The van der Waals surface area contributed by atoms with Crippen molar-refractivity contribution < 1.29 is 4.42 Å². The number of rotatable bonds is 7. The molecular weight excluding hydrogens is 677 g/mol. The second-order valence-electron chi connectivity index (χ2n) is 13.1. The lowest BCUT2D eigenvalue weighted by Crippen LogP contribution is -2.00. The topological polar surface area (TPSA) is 90.5 Å². The van der Waals surface area contributed by atoms with E-state index in [9.17, 15) is 0 Å². The first kappa shape index (κ1) is 32.0. The summed E-state index contributed by atoms with van der Waals surface area (Å²) in [6, 6.07) is 60.7. The quantitative estimate of drug-likeness (QED) is 0.163. The van der Waals surface area contributed by atoms with E-state index in [0.717, 1.165) is 66.4 Å². The van der Waals surface area contributed by atoms with Crippen LogP contribution in [0.4, 0.5) is 0 Å². The molecule has 0 bridgehead atoms. The molecule has 258 valence electrons. The summed E-state index contributed by atoms with van der Waals surface area (Å²) in [6.07, 6.45) is 0. The van der Waals surface area contributed by atoms with Gasteiger partial charge in [0.05, 0.1) is 0 Å². The molecular formula is C48H30N6O. The van der Waals surface area contributed by atoms with Crippen LogP contribution in [0, 0.1) is 0 Å². The average Bonchev–Trinajstić information content (AvgIpc) is 3.66. The summed E-state index contributed by atoms with van der Waals surface area (Å²) in [5.74, 6) is 3.49. The van der Waals surface area contributed by atoms with Crippen molar-refractivity contribution in [2.75, 3.05) is 0 Å². The van der Waals surface area contributed by atoms with Crippen LogP contribution in [0.25, 0.3) is 101 Å². The molecule has 0 saturated heterocycles. The van der Waals surface area contributed by atoms with Crippen molar-refractivity contribution in [1.29, 1.82) is 0 Å². The highest BCUT2D eigenvalue weighted by Gasteiger charge is 2.20. The Morgan fingerprint density at radius 3 is 1.16 bits per heavy atom. The zero-order chi connectivity index (χ0) is 36.6. The lowest BCUT2D eigenvalue weighted by atomic mass is 10.0. The van der Waals surface area contributed by atoms with Crippen LogP contribution in [-0.2, 0) is 0 Å². The molecule has 0 aliphatic rings. The van der Waals surface area contributed by atoms with Gasteiger partial charge >= 0.3 is 0 Å². The molecule has 0 saturated carbocycles. The molecule has 10 aromatic rings. The summed E-state index contributed by atoms with van der Waals surface area (Å²) >= 11 is 0. The van der Waals surface area contributed by atoms with Crippen LogP contribution in [-0.4, -0.2) is 29.9 Å². The zero-order valence-corrected chi connectivity index (χ0v) is 29.4. The van der Waals surface area contributed by atoms with Gasteiger partial charge in [0.2, 0.25) is 0 Å². The summed E-state index contributed by atoms with van der Waals surface area (Å²) in [7, 11) is 0. The molecule has 55 heavy (non-hydrogen) atoms. The van der Waals surface area contributed by atoms with E-state index in [1.165, 1.54) is 0 Å². The highest BCUT2D eigenvalue weighted by molar-refractivity contribution is 6.12. The summed E-state index contributed by atoms with van der Waals surface area (Å²) in [5.41, 5.74) is 9.03. The van der Waals surface area contributed by atoms with Crippen LogP contribution < -0.4 is 0 Å². The van der Waals surface area contributed by atoms with E-state index < -0.39 is 0 Å². The van der Waals surface area contributed by atoms with Crippen molar-refractivity contribution in [3.63, 3.8) is 0 Å². The smallest absolute Gasteiger partial charge is 0.164 e. The number of benzene rings is 7. The van der Waals surface area contributed by atoms with E-state index in [1.807, 2.05) is 140 Å². The summed E-state index contributed by atoms with van der Waals surface area (Å²) < 4.78 is 6.44. The first-order chi connectivity index (χ1) is 27.2. The molecule has 0 aliphatic heterocycles. The van der Waals surface area contributed by atoms with Gasteiger partial charge in [-0.25, -0.2) is 29.9 Å². The molecule has 0 amide bonds. The highest BCUT2D eigenvalue weighted by atomic mass is 16.3. The van der Waals surface area contributed by atoms with Crippen LogP contribution in [0.1, 0.15) is 0 Å². The normalized spacial score (nSPS) is 11.3. The number of hydrogen-bond donors (Lipinski definition) is 0. The van der Waals surface area contributed by atoms with Crippen molar-refractivity contribution in [3.8, 4) is 79.5 Å². The number of aromatic nitrogens is 6. The van der Waals surface area contributed by atoms with Gasteiger partial charge in [-0.15, -0.1) is 0 Å². The molecule has 0 spiro atoms. The van der Waals surface area contributed by atoms with Crippen molar-refractivity contribution in [3.05, 3.63) is 182 Å². The number of nitrogens with zero attached hydrogens (tertiary/aromatic N) is 6. The minimum Gasteiger partial charge on any atom is -0.456 e. The van der Waals surface area contributed by atoms with E-state index in [0.29, 0.717) is 34.9 Å². The van der Waals surface area contributed by atoms with Gasteiger partial charge < -0.3 is 4.42 Å². The van der Waals surface area contributed by atoms with Gasteiger partial charge in [-0.05, 0) is 35.4 Å². The van der Waals surface area contributed by atoms with Crippen molar-refractivity contribution in [2.24, 2.45) is 0 Å². The third-order valence-electron chi connectivity index (χ3n) is 9.61. The van der Waals surface area contributed by atoms with Gasteiger partial charge in [0.25, 0.3) is 0 Å². The third kappa shape index (κ3) is 6.19. The van der Waals surface area contributed by atoms with E-state index in [2.05, 4.69) is 42.5 Å². The lowest BCUT2D eigenvalue weighted by molar-refractivity contribution is 0.669.